The Balaban J connectivity index is 1.57. The van der Waals surface area contributed by atoms with Crippen molar-refractivity contribution in [1.82, 2.24) is 15.5 Å². The van der Waals surface area contributed by atoms with Crippen LogP contribution >= 0.6 is 0 Å². The molecule has 1 saturated heterocycles. The zero-order chi connectivity index (χ0) is 17.0. The van der Waals surface area contributed by atoms with E-state index in [0.717, 1.165) is 24.8 Å². The molecule has 3 N–H and O–H groups in total. The van der Waals surface area contributed by atoms with E-state index in [1.54, 1.807) is 0 Å². The number of ether oxygens (including phenoxy) is 1. The summed E-state index contributed by atoms with van der Waals surface area (Å²) in [5, 5.41) is 15.5. The summed E-state index contributed by atoms with van der Waals surface area (Å²) in [6.45, 7) is 1.68. The minimum Gasteiger partial charge on any atom is -0.465 e. The highest BCUT2D eigenvalue weighted by molar-refractivity contribution is 5.69. The maximum absolute atomic E-state index is 12.2. The molecule has 0 bridgehead atoms. The van der Waals surface area contributed by atoms with Gasteiger partial charge in [-0.1, -0.05) is 30.3 Å². The van der Waals surface area contributed by atoms with E-state index in [-0.39, 0.29) is 12.6 Å². The standard InChI is InChI=1S/C17H23N3O4/c21-15(24-12-13-5-2-1-3-6-13)19-17(7-4-8-17)14-11-20(16(22)23)10-9-18-14/h1-3,5-6,14,18H,4,7-12H2,(H,19,21)(H,22,23). The Morgan fingerprint density at radius 1 is 1.33 bits per heavy atom. The first kappa shape index (κ1) is 16.6. The van der Waals surface area contributed by atoms with Crippen molar-refractivity contribution in [2.45, 2.75) is 37.5 Å². The van der Waals surface area contributed by atoms with E-state index in [2.05, 4.69) is 10.6 Å². The van der Waals surface area contributed by atoms with E-state index in [1.807, 2.05) is 30.3 Å². The van der Waals surface area contributed by atoms with Gasteiger partial charge < -0.3 is 25.4 Å². The quantitative estimate of drug-likeness (QED) is 0.781. The number of benzene rings is 1. The molecule has 1 aliphatic heterocycles. The average molecular weight is 333 g/mol. The molecule has 1 saturated carbocycles. The van der Waals surface area contributed by atoms with Crippen molar-refractivity contribution in [3.05, 3.63) is 35.9 Å². The Hall–Kier alpha value is -2.28. The summed E-state index contributed by atoms with van der Waals surface area (Å²) in [6.07, 6.45) is 1.32. The fourth-order valence-electron chi connectivity index (χ4n) is 3.37. The van der Waals surface area contributed by atoms with Crippen molar-refractivity contribution in [3.63, 3.8) is 0 Å². The van der Waals surface area contributed by atoms with Gasteiger partial charge in [-0.25, -0.2) is 9.59 Å². The number of amides is 2. The van der Waals surface area contributed by atoms with Gasteiger partial charge in [0.05, 0.1) is 5.54 Å². The fourth-order valence-corrected chi connectivity index (χ4v) is 3.37. The maximum atomic E-state index is 12.2. The second-order valence-electron chi connectivity index (χ2n) is 6.43. The number of piperazine rings is 1. The molecule has 2 amide bonds. The molecule has 3 rings (SSSR count). The summed E-state index contributed by atoms with van der Waals surface area (Å²) in [6, 6.07) is 9.43. The van der Waals surface area contributed by atoms with Crippen LogP contribution in [0.25, 0.3) is 0 Å². The van der Waals surface area contributed by atoms with Crippen LogP contribution in [0.5, 0.6) is 0 Å². The minimum atomic E-state index is -0.914. The number of hydrogen-bond acceptors (Lipinski definition) is 4. The lowest BCUT2D eigenvalue weighted by Gasteiger charge is -2.50. The fraction of sp³-hybridized carbons (Fsp3) is 0.529. The van der Waals surface area contributed by atoms with Gasteiger partial charge in [-0.05, 0) is 24.8 Å². The maximum Gasteiger partial charge on any atom is 0.407 e. The summed E-state index contributed by atoms with van der Waals surface area (Å²) >= 11 is 0. The number of hydrogen-bond donors (Lipinski definition) is 3. The van der Waals surface area contributed by atoms with Gasteiger partial charge in [0.2, 0.25) is 0 Å². The molecule has 130 valence electrons. The van der Waals surface area contributed by atoms with E-state index in [0.29, 0.717) is 19.6 Å². The molecule has 24 heavy (non-hydrogen) atoms. The smallest absolute Gasteiger partial charge is 0.407 e. The van der Waals surface area contributed by atoms with Gasteiger partial charge in [0.25, 0.3) is 0 Å². The molecule has 1 aromatic rings. The highest BCUT2D eigenvalue weighted by atomic mass is 16.5. The second-order valence-corrected chi connectivity index (χ2v) is 6.43. The number of alkyl carbamates (subject to hydrolysis) is 1. The van der Waals surface area contributed by atoms with Gasteiger partial charge >= 0.3 is 12.2 Å². The molecule has 0 radical (unpaired) electrons. The van der Waals surface area contributed by atoms with Gasteiger partial charge in [0, 0.05) is 25.7 Å². The van der Waals surface area contributed by atoms with Gasteiger partial charge in [-0.15, -0.1) is 0 Å². The molecule has 0 aromatic heterocycles. The third-order valence-electron chi connectivity index (χ3n) is 4.92. The van der Waals surface area contributed by atoms with Crippen molar-refractivity contribution < 1.29 is 19.4 Å². The molecular weight excluding hydrogens is 310 g/mol. The lowest BCUT2D eigenvalue weighted by molar-refractivity contribution is 0.0584. The van der Waals surface area contributed by atoms with Crippen LogP contribution in [0.15, 0.2) is 30.3 Å². The van der Waals surface area contributed by atoms with Crippen LogP contribution in [0, 0.1) is 0 Å². The average Bonchev–Trinajstić information content (AvgIpc) is 2.57. The Labute approximate surface area is 141 Å². The lowest BCUT2D eigenvalue weighted by atomic mass is 9.71. The van der Waals surface area contributed by atoms with Gasteiger partial charge in [0.1, 0.15) is 6.61 Å². The summed E-state index contributed by atoms with van der Waals surface area (Å²) < 4.78 is 5.32. The summed E-state index contributed by atoms with van der Waals surface area (Å²) in [4.78, 5) is 24.8. The first-order chi connectivity index (χ1) is 11.6. The summed E-state index contributed by atoms with van der Waals surface area (Å²) in [5.41, 5.74) is 0.519. The Morgan fingerprint density at radius 3 is 2.71 bits per heavy atom. The highest BCUT2D eigenvalue weighted by Crippen LogP contribution is 2.36. The Morgan fingerprint density at radius 2 is 2.08 bits per heavy atom. The molecule has 2 aliphatic rings. The Kier molecular flexibility index (Phi) is 4.89. The molecule has 1 aromatic carbocycles. The second kappa shape index (κ2) is 7.09. The molecular formula is C17H23N3O4. The largest absolute Gasteiger partial charge is 0.465 e. The number of nitrogens with one attached hydrogen (secondary N) is 2. The van der Waals surface area contributed by atoms with E-state index in [9.17, 15) is 14.7 Å². The molecule has 1 unspecified atom stereocenters. The predicted octanol–water partition coefficient (Wildman–Crippen LogP) is 1.79. The number of carboxylic acid groups (broad SMARTS) is 1. The SMILES string of the molecule is O=C(NC1(C2CN(C(=O)O)CCN2)CCC1)OCc1ccccc1. The zero-order valence-electron chi connectivity index (χ0n) is 13.5. The molecule has 1 aliphatic carbocycles. The van der Waals surface area contributed by atoms with Crippen LogP contribution in [0.1, 0.15) is 24.8 Å². The van der Waals surface area contributed by atoms with E-state index < -0.39 is 17.7 Å². The van der Waals surface area contributed by atoms with Crippen molar-refractivity contribution in [3.8, 4) is 0 Å². The van der Waals surface area contributed by atoms with Crippen LogP contribution in [-0.2, 0) is 11.3 Å². The van der Waals surface area contributed by atoms with Crippen molar-refractivity contribution >= 4 is 12.2 Å². The monoisotopic (exact) mass is 333 g/mol. The molecule has 1 atom stereocenters. The van der Waals surface area contributed by atoms with E-state index in [4.69, 9.17) is 4.74 Å². The van der Waals surface area contributed by atoms with E-state index >= 15 is 0 Å². The molecule has 7 nitrogen and oxygen atoms in total. The van der Waals surface area contributed by atoms with Crippen LogP contribution in [0.2, 0.25) is 0 Å². The summed E-state index contributed by atoms with van der Waals surface area (Å²) in [7, 11) is 0. The first-order valence-corrected chi connectivity index (χ1v) is 8.29. The topological polar surface area (TPSA) is 90.9 Å². The van der Waals surface area contributed by atoms with Crippen LogP contribution in [-0.4, -0.2) is 53.4 Å². The van der Waals surface area contributed by atoms with Crippen molar-refractivity contribution in [2.24, 2.45) is 0 Å². The molecule has 1 heterocycles. The normalized spacial score (nSPS) is 22.3. The van der Waals surface area contributed by atoms with Crippen LogP contribution in [0.3, 0.4) is 0 Å². The molecule has 2 fully saturated rings. The van der Waals surface area contributed by atoms with Crippen LogP contribution < -0.4 is 10.6 Å². The van der Waals surface area contributed by atoms with E-state index in [1.165, 1.54) is 4.90 Å². The predicted molar refractivity (Wildman–Crippen MR) is 87.7 cm³/mol. The first-order valence-electron chi connectivity index (χ1n) is 8.29. The van der Waals surface area contributed by atoms with Gasteiger partial charge in [-0.2, -0.15) is 0 Å². The van der Waals surface area contributed by atoms with Crippen molar-refractivity contribution in [2.75, 3.05) is 19.6 Å². The zero-order valence-corrected chi connectivity index (χ0v) is 13.5. The van der Waals surface area contributed by atoms with Crippen LogP contribution in [0.4, 0.5) is 9.59 Å². The third-order valence-corrected chi connectivity index (χ3v) is 4.92. The third kappa shape index (κ3) is 3.62. The molecule has 0 spiro atoms. The highest BCUT2D eigenvalue weighted by Gasteiger charge is 2.47. The minimum absolute atomic E-state index is 0.0830. The number of carbonyl (C=O) groups excluding carboxylic acids is 1. The Bertz CT molecular complexity index is 589. The summed E-state index contributed by atoms with van der Waals surface area (Å²) in [5.74, 6) is 0. The van der Waals surface area contributed by atoms with Gasteiger partial charge in [-0.3, -0.25) is 0 Å². The van der Waals surface area contributed by atoms with Gasteiger partial charge in [0.15, 0.2) is 0 Å². The molecule has 7 heteroatoms. The number of rotatable bonds is 4. The number of nitrogens with zero attached hydrogens (tertiary/aromatic N) is 1. The number of carbonyl (C=O) groups is 2. The van der Waals surface area contributed by atoms with Crippen molar-refractivity contribution in [1.29, 1.82) is 0 Å². The lowest BCUT2D eigenvalue weighted by Crippen LogP contribution is -2.70.